The Morgan fingerprint density at radius 3 is 2.38 bits per heavy atom. The SMILES string of the molecule is C=CCN(CCCC)C(=O)C1N([C@H](C)CO)C(=O)[C@@H]2[C@@H](C(=O)N(CC=C)CCC)[C@H]3CCC12S3. The summed E-state index contributed by atoms with van der Waals surface area (Å²) in [6.45, 7) is 15.4. The van der Waals surface area contributed by atoms with Gasteiger partial charge in [-0.2, -0.15) is 0 Å². The highest BCUT2D eigenvalue weighted by Gasteiger charge is 2.74. The van der Waals surface area contributed by atoms with Gasteiger partial charge in [0.2, 0.25) is 17.7 Å². The van der Waals surface area contributed by atoms with E-state index in [0.717, 1.165) is 32.1 Å². The van der Waals surface area contributed by atoms with Gasteiger partial charge >= 0.3 is 0 Å². The first kappa shape index (κ1) is 26.8. The third-order valence-corrected chi connectivity index (χ3v) is 9.55. The van der Waals surface area contributed by atoms with Gasteiger partial charge in [0.1, 0.15) is 6.04 Å². The number of hydrogen-bond acceptors (Lipinski definition) is 5. The molecular formula is C26H41N3O4S. The van der Waals surface area contributed by atoms with E-state index < -0.39 is 28.7 Å². The minimum Gasteiger partial charge on any atom is -0.394 e. The molecule has 1 spiro atoms. The molecule has 3 heterocycles. The van der Waals surface area contributed by atoms with E-state index in [1.165, 1.54) is 0 Å². The van der Waals surface area contributed by atoms with Crippen LogP contribution in [0.1, 0.15) is 52.9 Å². The number of carbonyl (C=O) groups excluding carboxylic acids is 3. The molecule has 0 aromatic heterocycles. The summed E-state index contributed by atoms with van der Waals surface area (Å²) in [5.41, 5.74) is 0. The molecule has 3 aliphatic heterocycles. The summed E-state index contributed by atoms with van der Waals surface area (Å²) < 4.78 is -0.625. The number of rotatable bonds is 13. The Balaban J connectivity index is 2.02. The Morgan fingerprint density at radius 1 is 1.18 bits per heavy atom. The topological polar surface area (TPSA) is 81.2 Å². The summed E-state index contributed by atoms with van der Waals surface area (Å²) in [5.74, 6) is -1.21. The Bertz CT molecular complexity index is 805. The number of likely N-dealkylation sites (tertiary alicyclic amines) is 1. The van der Waals surface area contributed by atoms with Crippen LogP contribution in [0.5, 0.6) is 0 Å². The lowest BCUT2D eigenvalue weighted by Crippen LogP contribution is -2.57. The fraction of sp³-hybridized carbons (Fsp3) is 0.731. The third-order valence-electron chi connectivity index (χ3n) is 7.59. The van der Waals surface area contributed by atoms with Crippen LogP contribution in [-0.2, 0) is 14.4 Å². The highest BCUT2D eigenvalue weighted by Crippen LogP contribution is 2.67. The molecule has 3 saturated heterocycles. The summed E-state index contributed by atoms with van der Waals surface area (Å²) in [4.78, 5) is 46.9. The van der Waals surface area contributed by atoms with Gasteiger partial charge in [0.25, 0.3) is 0 Å². The van der Waals surface area contributed by atoms with Crippen molar-refractivity contribution in [3.8, 4) is 0 Å². The van der Waals surface area contributed by atoms with Crippen LogP contribution in [0.4, 0.5) is 0 Å². The van der Waals surface area contributed by atoms with Gasteiger partial charge in [0.05, 0.1) is 29.2 Å². The zero-order valence-corrected chi connectivity index (χ0v) is 21.8. The molecule has 0 aromatic rings. The first-order valence-corrected chi connectivity index (χ1v) is 13.6. The number of carbonyl (C=O) groups is 3. The Labute approximate surface area is 208 Å². The van der Waals surface area contributed by atoms with Crippen LogP contribution in [0.15, 0.2) is 25.3 Å². The van der Waals surface area contributed by atoms with Crippen molar-refractivity contribution in [2.45, 2.75) is 75.0 Å². The number of thioether (sulfide) groups is 1. The zero-order valence-electron chi connectivity index (χ0n) is 20.9. The molecule has 7 nitrogen and oxygen atoms in total. The van der Waals surface area contributed by atoms with E-state index in [1.54, 1.807) is 45.5 Å². The lowest BCUT2D eigenvalue weighted by molar-refractivity contribution is -0.146. The normalized spacial score (nSPS) is 30.2. The highest BCUT2D eigenvalue weighted by atomic mass is 32.2. The minimum absolute atomic E-state index is 0.00203. The standard InChI is InChI=1S/C26H41N3O4S/c1-6-10-16-28(15-9-4)25(33)22-26-12-11-19(34-26)20(23(31)27(13-7-2)14-8-3)21(26)24(32)29(22)18(5)17-30/h7,9,18-22,30H,2,4,6,8,10-17H2,1,3,5H3/t18-,19-,20+,21+,22?,26?/m1/s1. The fourth-order valence-electron chi connectivity index (χ4n) is 6.11. The largest absolute Gasteiger partial charge is 0.394 e. The summed E-state index contributed by atoms with van der Waals surface area (Å²) >= 11 is 1.68. The third kappa shape index (κ3) is 4.43. The maximum atomic E-state index is 14.0. The highest BCUT2D eigenvalue weighted by molar-refractivity contribution is 8.02. The molecule has 3 fully saturated rings. The number of unbranched alkanes of at least 4 members (excludes halogenated alkanes) is 1. The maximum Gasteiger partial charge on any atom is 0.247 e. The van der Waals surface area contributed by atoms with Crippen molar-refractivity contribution in [2.75, 3.05) is 32.8 Å². The summed E-state index contributed by atoms with van der Waals surface area (Å²) in [5, 5.41) is 10.0. The molecule has 0 aromatic carbocycles. The van der Waals surface area contributed by atoms with Crippen molar-refractivity contribution in [1.82, 2.24) is 14.7 Å². The predicted octanol–water partition coefficient (Wildman–Crippen LogP) is 2.70. The lowest BCUT2D eigenvalue weighted by Gasteiger charge is -2.39. The molecule has 2 unspecified atom stereocenters. The number of aliphatic hydroxyl groups is 1. The quantitative estimate of drug-likeness (QED) is 0.401. The number of amides is 3. The van der Waals surface area contributed by atoms with Crippen LogP contribution < -0.4 is 0 Å². The molecule has 6 atom stereocenters. The van der Waals surface area contributed by atoms with Gasteiger partial charge in [-0.15, -0.1) is 24.9 Å². The average Bonchev–Trinajstić information content (AvgIpc) is 3.47. The zero-order chi connectivity index (χ0) is 25.0. The van der Waals surface area contributed by atoms with Crippen molar-refractivity contribution >= 4 is 29.5 Å². The van der Waals surface area contributed by atoms with Crippen LogP contribution in [0.25, 0.3) is 0 Å². The van der Waals surface area contributed by atoms with Crippen LogP contribution >= 0.6 is 11.8 Å². The van der Waals surface area contributed by atoms with E-state index in [0.29, 0.717) is 26.2 Å². The number of fused-ring (bicyclic) bond motifs is 1. The monoisotopic (exact) mass is 491 g/mol. The molecule has 2 bridgehead atoms. The van der Waals surface area contributed by atoms with Crippen molar-refractivity contribution in [2.24, 2.45) is 11.8 Å². The van der Waals surface area contributed by atoms with Gasteiger partial charge in [0.15, 0.2) is 0 Å². The predicted molar refractivity (Wildman–Crippen MR) is 136 cm³/mol. The second-order valence-electron chi connectivity index (χ2n) is 9.83. The summed E-state index contributed by atoms with van der Waals surface area (Å²) in [7, 11) is 0. The number of hydrogen-bond donors (Lipinski definition) is 1. The summed E-state index contributed by atoms with van der Waals surface area (Å²) in [6, 6.07) is -1.16. The molecule has 190 valence electrons. The second-order valence-corrected chi connectivity index (χ2v) is 11.4. The van der Waals surface area contributed by atoms with Gasteiger partial charge < -0.3 is 19.8 Å². The van der Waals surface area contributed by atoms with E-state index in [1.807, 2.05) is 6.92 Å². The van der Waals surface area contributed by atoms with Gasteiger partial charge in [0, 0.05) is 31.4 Å². The molecule has 3 amide bonds. The van der Waals surface area contributed by atoms with E-state index >= 15 is 0 Å². The average molecular weight is 492 g/mol. The molecule has 3 rings (SSSR count). The molecule has 0 aliphatic carbocycles. The van der Waals surface area contributed by atoms with Crippen LogP contribution in [0.3, 0.4) is 0 Å². The van der Waals surface area contributed by atoms with Crippen molar-refractivity contribution in [3.63, 3.8) is 0 Å². The van der Waals surface area contributed by atoms with Crippen molar-refractivity contribution in [3.05, 3.63) is 25.3 Å². The molecule has 34 heavy (non-hydrogen) atoms. The lowest BCUT2D eigenvalue weighted by atomic mass is 9.70. The Morgan fingerprint density at radius 2 is 1.82 bits per heavy atom. The maximum absolute atomic E-state index is 14.0. The second kappa shape index (κ2) is 11.3. The minimum atomic E-state index is -0.671. The summed E-state index contributed by atoms with van der Waals surface area (Å²) in [6.07, 6.45) is 7.67. The van der Waals surface area contributed by atoms with Gasteiger partial charge in [-0.3, -0.25) is 14.4 Å². The van der Waals surface area contributed by atoms with Gasteiger partial charge in [-0.05, 0) is 32.6 Å². The first-order valence-electron chi connectivity index (χ1n) is 12.7. The fourth-order valence-corrected chi connectivity index (χ4v) is 8.30. The molecule has 0 radical (unpaired) electrons. The van der Waals surface area contributed by atoms with Crippen LogP contribution in [0.2, 0.25) is 0 Å². The smallest absolute Gasteiger partial charge is 0.247 e. The van der Waals surface area contributed by atoms with Gasteiger partial charge in [-0.25, -0.2) is 0 Å². The van der Waals surface area contributed by atoms with Crippen LogP contribution in [0, 0.1) is 11.8 Å². The molecule has 1 N–H and O–H groups in total. The Hall–Kier alpha value is -1.80. The van der Waals surface area contributed by atoms with E-state index in [-0.39, 0.29) is 29.6 Å². The van der Waals surface area contributed by atoms with Gasteiger partial charge in [-0.1, -0.05) is 32.4 Å². The van der Waals surface area contributed by atoms with Crippen molar-refractivity contribution in [1.29, 1.82) is 0 Å². The Kier molecular flexibility index (Phi) is 8.90. The van der Waals surface area contributed by atoms with E-state index in [9.17, 15) is 19.5 Å². The number of aliphatic hydroxyl groups excluding tert-OH is 1. The molecule has 0 saturated carbocycles. The molecule has 8 heteroatoms. The van der Waals surface area contributed by atoms with E-state index in [4.69, 9.17) is 0 Å². The molecule has 3 aliphatic rings. The van der Waals surface area contributed by atoms with Crippen LogP contribution in [-0.4, -0.2) is 92.4 Å². The number of nitrogens with zero attached hydrogens (tertiary/aromatic N) is 3. The first-order chi connectivity index (χ1) is 16.3. The van der Waals surface area contributed by atoms with Crippen molar-refractivity contribution < 1.29 is 19.5 Å². The molecular weight excluding hydrogens is 450 g/mol. The van der Waals surface area contributed by atoms with E-state index in [2.05, 4.69) is 20.1 Å².